The van der Waals surface area contributed by atoms with Gasteiger partial charge in [0, 0.05) is 29.0 Å². The lowest BCUT2D eigenvalue weighted by molar-refractivity contribution is -0.188. The van der Waals surface area contributed by atoms with Crippen molar-refractivity contribution in [2.75, 3.05) is 0 Å². The molecule has 154 valence electrons. The molecule has 0 saturated heterocycles. The van der Waals surface area contributed by atoms with Crippen molar-refractivity contribution in [3.05, 3.63) is 62.9 Å². The lowest BCUT2D eigenvalue weighted by Gasteiger charge is -2.35. The molecular formula is C24H18N2O5. The van der Waals surface area contributed by atoms with Crippen molar-refractivity contribution in [1.82, 2.24) is 9.55 Å². The summed E-state index contributed by atoms with van der Waals surface area (Å²) in [4.78, 5) is 42.7. The molecule has 0 unspecified atom stereocenters. The van der Waals surface area contributed by atoms with Gasteiger partial charge >= 0.3 is 11.9 Å². The topological polar surface area (TPSA) is 87.5 Å². The summed E-state index contributed by atoms with van der Waals surface area (Å²) in [6.07, 6.45) is 5.97. The second kappa shape index (κ2) is 6.54. The highest BCUT2D eigenvalue weighted by Crippen LogP contribution is 2.41. The van der Waals surface area contributed by atoms with E-state index in [1.165, 1.54) is 6.92 Å². The van der Waals surface area contributed by atoms with Crippen LogP contribution in [0.2, 0.25) is 0 Å². The number of terminal acetylenes is 1. The fourth-order valence-electron chi connectivity index (χ4n) is 4.60. The normalized spacial score (nSPS) is 18.5. The van der Waals surface area contributed by atoms with E-state index >= 15 is 0 Å². The highest BCUT2D eigenvalue weighted by molar-refractivity contribution is 5.91. The molecule has 5 rings (SSSR count). The van der Waals surface area contributed by atoms with Crippen LogP contribution in [0.3, 0.4) is 0 Å². The maximum Gasteiger partial charge on any atom is 0.355 e. The highest BCUT2D eigenvalue weighted by Gasteiger charge is 2.50. The molecule has 0 spiro atoms. The fourth-order valence-corrected chi connectivity index (χ4v) is 4.60. The number of fused-ring (bicyclic) bond motifs is 5. The van der Waals surface area contributed by atoms with E-state index in [2.05, 4.69) is 5.92 Å². The van der Waals surface area contributed by atoms with Gasteiger partial charge in [-0.15, -0.1) is 6.42 Å². The molecule has 0 bridgehead atoms. The summed E-state index contributed by atoms with van der Waals surface area (Å²) in [7, 11) is 0. The molecular weight excluding hydrogens is 396 g/mol. The van der Waals surface area contributed by atoms with Crippen molar-refractivity contribution in [3.8, 4) is 23.7 Å². The molecule has 0 fully saturated rings. The van der Waals surface area contributed by atoms with Gasteiger partial charge in [-0.3, -0.25) is 9.59 Å². The standard InChI is InChI=1S/C24H18N2O5/c1-4-14-15-8-6-7-9-19(15)25-21-16(14)11-26-20(21)10-18-17(22(26)28)12-30-23(29)24(18,5-2)31-13(3)27/h1,6-10H,5,11-12H2,2-3H3/t24-/m0/s1. The minimum Gasteiger partial charge on any atom is -0.457 e. The predicted molar refractivity (Wildman–Crippen MR) is 112 cm³/mol. The number of hydrogen-bond donors (Lipinski definition) is 0. The molecule has 0 N–H and O–H groups in total. The first-order chi connectivity index (χ1) is 14.9. The van der Waals surface area contributed by atoms with E-state index in [-0.39, 0.29) is 25.1 Å². The summed E-state index contributed by atoms with van der Waals surface area (Å²) in [5, 5.41) is 0.843. The zero-order valence-electron chi connectivity index (χ0n) is 17.0. The second-order valence-electron chi connectivity index (χ2n) is 7.64. The zero-order valence-corrected chi connectivity index (χ0v) is 17.0. The number of carbonyl (C=O) groups is 2. The number of esters is 2. The third kappa shape index (κ3) is 2.48. The molecule has 2 aliphatic rings. The molecule has 2 aromatic heterocycles. The van der Waals surface area contributed by atoms with Crippen LogP contribution in [0.5, 0.6) is 0 Å². The minimum absolute atomic E-state index is 0.134. The van der Waals surface area contributed by atoms with Crippen molar-refractivity contribution in [1.29, 1.82) is 0 Å². The third-order valence-electron chi connectivity index (χ3n) is 6.02. The third-order valence-corrected chi connectivity index (χ3v) is 6.02. The molecule has 2 aliphatic heterocycles. The van der Waals surface area contributed by atoms with E-state index in [9.17, 15) is 14.4 Å². The summed E-state index contributed by atoms with van der Waals surface area (Å²) in [6, 6.07) is 9.25. The summed E-state index contributed by atoms with van der Waals surface area (Å²) >= 11 is 0. The number of pyridine rings is 2. The molecule has 0 radical (unpaired) electrons. The van der Waals surface area contributed by atoms with Crippen LogP contribution in [0.15, 0.2) is 35.1 Å². The van der Waals surface area contributed by atoms with Crippen LogP contribution in [0.4, 0.5) is 0 Å². The number of carbonyl (C=O) groups excluding carboxylic acids is 2. The number of benzene rings is 1. The summed E-state index contributed by atoms with van der Waals surface area (Å²) < 4.78 is 12.3. The smallest absolute Gasteiger partial charge is 0.355 e. The highest BCUT2D eigenvalue weighted by atomic mass is 16.6. The van der Waals surface area contributed by atoms with Crippen molar-refractivity contribution in [3.63, 3.8) is 0 Å². The van der Waals surface area contributed by atoms with Gasteiger partial charge in [0.1, 0.15) is 6.61 Å². The molecule has 7 nitrogen and oxygen atoms in total. The molecule has 0 amide bonds. The quantitative estimate of drug-likeness (QED) is 0.370. The maximum atomic E-state index is 13.4. The van der Waals surface area contributed by atoms with Crippen LogP contribution in [0.1, 0.15) is 42.5 Å². The van der Waals surface area contributed by atoms with E-state index in [4.69, 9.17) is 20.9 Å². The Labute approximate surface area is 177 Å². The van der Waals surface area contributed by atoms with Crippen molar-refractivity contribution < 1.29 is 19.1 Å². The van der Waals surface area contributed by atoms with Gasteiger partial charge in [0.2, 0.25) is 5.60 Å². The number of hydrogen-bond acceptors (Lipinski definition) is 6. The Hall–Kier alpha value is -3.92. The van der Waals surface area contributed by atoms with Gasteiger partial charge in [-0.2, -0.15) is 0 Å². The minimum atomic E-state index is -1.66. The largest absolute Gasteiger partial charge is 0.457 e. The molecule has 1 aromatic carbocycles. The summed E-state index contributed by atoms with van der Waals surface area (Å²) in [6.45, 7) is 3.03. The average molecular weight is 414 g/mol. The lowest BCUT2D eigenvalue weighted by Crippen LogP contribution is -2.47. The Morgan fingerprint density at radius 3 is 2.81 bits per heavy atom. The van der Waals surface area contributed by atoms with Gasteiger partial charge in [0.05, 0.1) is 29.0 Å². The van der Waals surface area contributed by atoms with E-state index in [1.54, 1.807) is 17.6 Å². The first-order valence-corrected chi connectivity index (χ1v) is 9.94. The number of ether oxygens (including phenoxy) is 2. The van der Waals surface area contributed by atoms with E-state index < -0.39 is 17.5 Å². The average Bonchev–Trinajstić information content (AvgIpc) is 3.12. The Bertz CT molecular complexity index is 1410. The van der Waals surface area contributed by atoms with Gasteiger partial charge in [-0.1, -0.05) is 31.0 Å². The van der Waals surface area contributed by atoms with E-state index in [1.807, 2.05) is 24.3 Å². The molecule has 4 heterocycles. The Balaban J connectivity index is 1.84. The lowest BCUT2D eigenvalue weighted by atomic mass is 9.85. The van der Waals surface area contributed by atoms with Crippen LogP contribution in [0.25, 0.3) is 22.3 Å². The van der Waals surface area contributed by atoms with E-state index in [0.717, 1.165) is 10.9 Å². The van der Waals surface area contributed by atoms with Gasteiger partial charge in [-0.25, -0.2) is 9.78 Å². The Morgan fingerprint density at radius 2 is 2.10 bits per heavy atom. The number of para-hydroxylation sites is 1. The Kier molecular flexibility index (Phi) is 4.02. The molecule has 31 heavy (non-hydrogen) atoms. The van der Waals surface area contributed by atoms with Crippen LogP contribution in [-0.4, -0.2) is 21.5 Å². The summed E-state index contributed by atoms with van der Waals surface area (Å²) in [5.74, 6) is 1.43. The molecule has 0 aliphatic carbocycles. The predicted octanol–water partition coefficient (Wildman–Crippen LogP) is 2.63. The molecule has 7 heteroatoms. The van der Waals surface area contributed by atoms with Gasteiger partial charge in [0.25, 0.3) is 5.56 Å². The van der Waals surface area contributed by atoms with E-state index in [0.29, 0.717) is 33.6 Å². The maximum absolute atomic E-state index is 13.4. The molecule has 0 saturated carbocycles. The monoisotopic (exact) mass is 414 g/mol. The van der Waals surface area contributed by atoms with Crippen molar-refractivity contribution in [2.45, 2.75) is 39.0 Å². The number of aromatic nitrogens is 2. The number of cyclic esters (lactones) is 1. The van der Waals surface area contributed by atoms with Crippen LogP contribution >= 0.6 is 0 Å². The van der Waals surface area contributed by atoms with Crippen molar-refractivity contribution >= 4 is 22.8 Å². The van der Waals surface area contributed by atoms with Crippen LogP contribution in [0, 0.1) is 12.3 Å². The fraction of sp³-hybridized carbons (Fsp3) is 0.250. The SMILES string of the molecule is C#Cc1c2c(nc3ccccc13)-c1cc3c(c(=O)n1C2)COC(=O)[C@@]3(CC)OC(C)=O. The van der Waals surface area contributed by atoms with Gasteiger partial charge < -0.3 is 14.0 Å². The number of rotatable bonds is 2. The number of nitrogens with zero attached hydrogens (tertiary/aromatic N) is 2. The Morgan fingerprint density at radius 1 is 1.32 bits per heavy atom. The van der Waals surface area contributed by atoms with Crippen LogP contribution in [-0.2, 0) is 37.8 Å². The molecule has 3 aromatic rings. The van der Waals surface area contributed by atoms with Gasteiger partial charge in [-0.05, 0) is 18.6 Å². The summed E-state index contributed by atoms with van der Waals surface area (Å²) in [5.41, 5.74) is 2.00. The second-order valence-corrected chi connectivity index (χ2v) is 7.64. The zero-order chi connectivity index (χ0) is 21.9. The first kappa shape index (κ1) is 19.1. The molecule has 1 atom stereocenters. The first-order valence-electron chi connectivity index (χ1n) is 9.94. The van der Waals surface area contributed by atoms with Gasteiger partial charge in [0.15, 0.2) is 0 Å². The van der Waals surface area contributed by atoms with Crippen LogP contribution < -0.4 is 5.56 Å². The van der Waals surface area contributed by atoms with Crippen molar-refractivity contribution in [2.24, 2.45) is 0 Å².